The summed E-state index contributed by atoms with van der Waals surface area (Å²) in [6.07, 6.45) is 3.15. The number of aromatic nitrogens is 3. The van der Waals surface area contributed by atoms with Gasteiger partial charge in [0.25, 0.3) is 5.89 Å². The van der Waals surface area contributed by atoms with Gasteiger partial charge in [-0.05, 0) is 26.2 Å². The van der Waals surface area contributed by atoms with Gasteiger partial charge in [0.2, 0.25) is 5.91 Å². The second-order valence-electron chi connectivity index (χ2n) is 6.35. The predicted octanol–water partition coefficient (Wildman–Crippen LogP) is 2.32. The molecule has 0 aromatic carbocycles. The fourth-order valence-electron chi connectivity index (χ4n) is 3.05. The molecule has 1 aliphatic carbocycles. The van der Waals surface area contributed by atoms with Crippen molar-refractivity contribution in [3.8, 4) is 0 Å². The van der Waals surface area contributed by atoms with Gasteiger partial charge in [0, 0.05) is 24.3 Å². The third kappa shape index (κ3) is 3.21. The smallest absolute Gasteiger partial charge is 0.252 e. The Balaban J connectivity index is 1.48. The van der Waals surface area contributed by atoms with Gasteiger partial charge in [-0.1, -0.05) is 5.16 Å². The molecule has 8 heteroatoms. The number of nitrogens with zero attached hydrogens (tertiary/aromatic N) is 4. The number of hydrogen-bond acceptors (Lipinski definition) is 7. The quantitative estimate of drug-likeness (QED) is 0.825. The van der Waals surface area contributed by atoms with E-state index in [1.807, 2.05) is 17.2 Å². The van der Waals surface area contributed by atoms with E-state index in [2.05, 4.69) is 15.1 Å². The van der Waals surface area contributed by atoms with Gasteiger partial charge >= 0.3 is 0 Å². The summed E-state index contributed by atoms with van der Waals surface area (Å²) in [5, 5.41) is 6.06. The third-order valence-corrected chi connectivity index (χ3v) is 5.18. The van der Waals surface area contributed by atoms with E-state index in [4.69, 9.17) is 9.26 Å². The molecule has 0 N–H and O–H groups in total. The molecule has 2 atom stereocenters. The normalized spacial score (nSPS) is 24.3. The Kier molecular flexibility index (Phi) is 4.32. The summed E-state index contributed by atoms with van der Waals surface area (Å²) < 4.78 is 11.2. The highest BCUT2D eigenvalue weighted by Gasteiger charge is 2.39. The Hall–Kier alpha value is -1.80. The van der Waals surface area contributed by atoms with Crippen molar-refractivity contribution in [2.45, 2.75) is 50.7 Å². The molecular formula is C16H20N4O3S. The molecule has 128 valence electrons. The van der Waals surface area contributed by atoms with E-state index < -0.39 is 0 Å². The zero-order valence-corrected chi connectivity index (χ0v) is 14.4. The lowest BCUT2D eigenvalue weighted by Crippen LogP contribution is -2.47. The van der Waals surface area contributed by atoms with Crippen LogP contribution in [0, 0.1) is 0 Å². The molecule has 24 heavy (non-hydrogen) atoms. The first-order valence-corrected chi connectivity index (χ1v) is 9.28. The summed E-state index contributed by atoms with van der Waals surface area (Å²) in [7, 11) is 0. The maximum Gasteiger partial charge on any atom is 0.252 e. The molecule has 1 saturated carbocycles. The molecule has 2 aliphatic rings. The fourth-order valence-corrected chi connectivity index (χ4v) is 3.64. The molecule has 7 nitrogen and oxygen atoms in total. The first-order chi connectivity index (χ1) is 11.7. The Bertz CT molecular complexity index is 698. The van der Waals surface area contributed by atoms with Gasteiger partial charge < -0.3 is 14.2 Å². The molecule has 0 spiro atoms. The standard InChI is InChI=1S/C16H20N4O3S/c1-10-14(16-18-15(19-23-16)11-2-3-11)20(6-7-22-10)13(21)5-4-12-8-24-9-17-12/h8-11,14H,2-7H2,1H3/t10-,14+/m1/s1. The second-order valence-corrected chi connectivity index (χ2v) is 7.07. The van der Waals surface area contributed by atoms with E-state index in [-0.39, 0.29) is 18.1 Å². The number of amides is 1. The van der Waals surface area contributed by atoms with Gasteiger partial charge in [-0.25, -0.2) is 4.98 Å². The molecule has 3 heterocycles. The Labute approximate surface area is 144 Å². The van der Waals surface area contributed by atoms with Crippen molar-refractivity contribution in [1.29, 1.82) is 0 Å². The number of carbonyl (C=O) groups is 1. The molecule has 2 aromatic heterocycles. The average Bonchev–Trinajstić information content (AvgIpc) is 3.10. The molecular weight excluding hydrogens is 328 g/mol. The maximum absolute atomic E-state index is 12.7. The van der Waals surface area contributed by atoms with Crippen molar-refractivity contribution in [3.63, 3.8) is 0 Å². The molecule has 2 aromatic rings. The number of hydrogen-bond donors (Lipinski definition) is 0. The summed E-state index contributed by atoms with van der Waals surface area (Å²) in [6, 6.07) is -0.304. The van der Waals surface area contributed by atoms with Crippen LogP contribution in [-0.4, -0.2) is 45.2 Å². The van der Waals surface area contributed by atoms with Crippen LogP contribution >= 0.6 is 11.3 Å². The van der Waals surface area contributed by atoms with Crippen molar-refractivity contribution < 1.29 is 14.1 Å². The zero-order chi connectivity index (χ0) is 16.5. The van der Waals surface area contributed by atoms with Crippen LogP contribution < -0.4 is 0 Å². The third-order valence-electron chi connectivity index (χ3n) is 4.55. The van der Waals surface area contributed by atoms with Gasteiger partial charge in [-0.2, -0.15) is 4.98 Å². The van der Waals surface area contributed by atoms with Crippen molar-refractivity contribution >= 4 is 17.2 Å². The summed E-state index contributed by atoms with van der Waals surface area (Å²) >= 11 is 1.55. The zero-order valence-electron chi connectivity index (χ0n) is 13.6. The van der Waals surface area contributed by atoms with Crippen LogP contribution in [0.3, 0.4) is 0 Å². The fraction of sp³-hybridized carbons (Fsp3) is 0.625. The molecule has 0 radical (unpaired) electrons. The topological polar surface area (TPSA) is 81.4 Å². The van der Waals surface area contributed by atoms with E-state index in [1.54, 1.807) is 16.8 Å². The lowest BCUT2D eigenvalue weighted by Gasteiger charge is -2.37. The minimum atomic E-state index is -0.304. The highest BCUT2D eigenvalue weighted by molar-refractivity contribution is 7.07. The van der Waals surface area contributed by atoms with Crippen molar-refractivity contribution in [2.24, 2.45) is 0 Å². The van der Waals surface area contributed by atoms with Gasteiger partial charge in [0.1, 0.15) is 6.04 Å². The Morgan fingerprint density at radius 1 is 1.46 bits per heavy atom. The van der Waals surface area contributed by atoms with Gasteiger partial charge in [0.15, 0.2) is 5.82 Å². The molecule has 2 fully saturated rings. The van der Waals surface area contributed by atoms with Gasteiger partial charge in [-0.3, -0.25) is 4.79 Å². The maximum atomic E-state index is 12.7. The monoisotopic (exact) mass is 348 g/mol. The van der Waals surface area contributed by atoms with Crippen LogP contribution in [0.2, 0.25) is 0 Å². The minimum absolute atomic E-state index is 0.0781. The molecule has 1 amide bonds. The van der Waals surface area contributed by atoms with E-state index in [1.165, 1.54) is 0 Å². The Morgan fingerprint density at radius 3 is 3.08 bits per heavy atom. The van der Waals surface area contributed by atoms with Crippen LogP contribution in [0.25, 0.3) is 0 Å². The Morgan fingerprint density at radius 2 is 2.33 bits per heavy atom. The lowest BCUT2D eigenvalue weighted by atomic mass is 10.1. The molecule has 0 bridgehead atoms. The van der Waals surface area contributed by atoms with Crippen molar-refractivity contribution in [3.05, 3.63) is 28.3 Å². The summed E-state index contributed by atoms with van der Waals surface area (Å²) in [5.41, 5.74) is 2.75. The predicted molar refractivity (Wildman–Crippen MR) is 86.6 cm³/mol. The number of thiazole rings is 1. The van der Waals surface area contributed by atoms with Crippen LogP contribution in [-0.2, 0) is 16.0 Å². The largest absolute Gasteiger partial charge is 0.374 e. The number of aryl methyl sites for hydroxylation is 1. The first-order valence-electron chi connectivity index (χ1n) is 8.34. The average molecular weight is 348 g/mol. The highest BCUT2D eigenvalue weighted by Crippen LogP contribution is 2.39. The molecule has 1 saturated heterocycles. The van der Waals surface area contributed by atoms with Crippen LogP contribution in [0.5, 0.6) is 0 Å². The van der Waals surface area contributed by atoms with Crippen molar-refractivity contribution in [2.75, 3.05) is 13.2 Å². The number of ether oxygens (including phenoxy) is 1. The minimum Gasteiger partial charge on any atom is -0.374 e. The first kappa shape index (κ1) is 15.7. The van der Waals surface area contributed by atoms with Crippen LogP contribution in [0.1, 0.15) is 55.6 Å². The molecule has 0 unspecified atom stereocenters. The van der Waals surface area contributed by atoms with Gasteiger partial charge in [-0.15, -0.1) is 11.3 Å². The summed E-state index contributed by atoms with van der Waals surface area (Å²) in [6.45, 7) is 3.03. The van der Waals surface area contributed by atoms with Crippen molar-refractivity contribution in [1.82, 2.24) is 20.0 Å². The molecule has 4 rings (SSSR count). The van der Waals surface area contributed by atoms with Gasteiger partial charge in [0.05, 0.1) is 23.9 Å². The number of rotatable bonds is 5. The van der Waals surface area contributed by atoms with Crippen LogP contribution in [0.4, 0.5) is 0 Å². The lowest BCUT2D eigenvalue weighted by molar-refractivity contribution is -0.147. The highest BCUT2D eigenvalue weighted by atomic mass is 32.1. The summed E-state index contributed by atoms with van der Waals surface area (Å²) in [4.78, 5) is 23.3. The van der Waals surface area contributed by atoms with E-state index >= 15 is 0 Å². The second kappa shape index (κ2) is 6.60. The van der Waals surface area contributed by atoms with E-state index in [0.717, 1.165) is 24.4 Å². The summed E-state index contributed by atoms with van der Waals surface area (Å²) in [5.74, 6) is 1.76. The molecule has 1 aliphatic heterocycles. The number of morpholine rings is 1. The van der Waals surface area contributed by atoms with Crippen LogP contribution in [0.15, 0.2) is 15.4 Å². The SMILES string of the molecule is C[C@H]1OCCN(C(=O)CCc2cscn2)[C@@H]1c1nc(C2CC2)no1. The van der Waals surface area contributed by atoms with E-state index in [9.17, 15) is 4.79 Å². The number of carbonyl (C=O) groups excluding carboxylic acids is 1. The van der Waals surface area contributed by atoms with E-state index in [0.29, 0.717) is 37.8 Å².